The van der Waals surface area contributed by atoms with Crippen LogP contribution in [0.3, 0.4) is 0 Å². The highest BCUT2D eigenvalue weighted by Crippen LogP contribution is 2.38. The molecule has 0 saturated heterocycles. The Morgan fingerprint density at radius 1 is 1.16 bits per heavy atom. The van der Waals surface area contributed by atoms with Crippen molar-refractivity contribution < 1.29 is 27.9 Å². The molecule has 0 fully saturated rings. The Hall–Kier alpha value is -2.83. The van der Waals surface area contributed by atoms with Gasteiger partial charge in [-0.05, 0) is 30.2 Å². The maximum atomic E-state index is 12.9. The van der Waals surface area contributed by atoms with E-state index in [1.54, 1.807) is 24.3 Å². The van der Waals surface area contributed by atoms with Gasteiger partial charge in [0.25, 0.3) is 0 Å². The van der Waals surface area contributed by atoms with E-state index in [0.717, 1.165) is 6.07 Å². The summed E-state index contributed by atoms with van der Waals surface area (Å²) in [6, 6.07) is 9.49. The zero-order valence-corrected chi connectivity index (χ0v) is 12.9. The quantitative estimate of drug-likeness (QED) is 0.802. The first kappa shape index (κ1) is 17.0. The van der Waals surface area contributed by atoms with Gasteiger partial charge in [0.2, 0.25) is 5.91 Å². The Morgan fingerprint density at radius 3 is 2.60 bits per heavy atom. The molecule has 2 N–H and O–H groups in total. The summed E-state index contributed by atoms with van der Waals surface area (Å²) in [4.78, 5) is 24.4. The number of anilines is 1. The van der Waals surface area contributed by atoms with Gasteiger partial charge in [-0.1, -0.05) is 24.3 Å². The fourth-order valence-electron chi connectivity index (χ4n) is 2.96. The third kappa shape index (κ3) is 3.35. The molecule has 1 aliphatic rings. The Labute approximate surface area is 141 Å². The van der Waals surface area contributed by atoms with Crippen molar-refractivity contribution in [3.8, 4) is 5.75 Å². The first-order chi connectivity index (χ1) is 11.8. The monoisotopic (exact) mass is 349 g/mol. The molecule has 1 atom stereocenters. The number of hydrogen-bond donors (Lipinski definition) is 2. The molecule has 3 rings (SSSR count). The Balaban J connectivity index is 1.87. The van der Waals surface area contributed by atoms with Gasteiger partial charge in [0.1, 0.15) is 5.75 Å². The van der Waals surface area contributed by atoms with E-state index < -0.39 is 29.3 Å². The van der Waals surface area contributed by atoms with E-state index >= 15 is 0 Å². The molecular weight excluding hydrogens is 335 g/mol. The van der Waals surface area contributed by atoms with Crippen molar-refractivity contribution in [1.29, 1.82) is 0 Å². The maximum Gasteiger partial charge on any atom is 0.420 e. The number of carbonyl (C=O) groups excluding carboxylic acids is 2. The van der Waals surface area contributed by atoms with Crippen LogP contribution in [-0.4, -0.2) is 16.8 Å². The minimum atomic E-state index is -4.73. The molecule has 0 aromatic heterocycles. The van der Waals surface area contributed by atoms with Gasteiger partial charge in [-0.3, -0.25) is 9.59 Å². The second-order valence-electron chi connectivity index (χ2n) is 5.82. The highest BCUT2D eigenvalue weighted by molar-refractivity contribution is 6.04. The molecule has 130 valence electrons. The molecule has 1 amide bonds. The van der Waals surface area contributed by atoms with Crippen molar-refractivity contribution in [3.63, 3.8) is 0 Å². The number of aromatic hydroxyl groups is 1. The number of ketones is 1. The molecule has 2 aromatic rings. The van der Waals surface area contributed by atoms with Crippen LogP contribution in [0.5, 0.6) is 5.75 Å². The van der Waals surface area contributed by atoms with Crippen molar-refractivity contribution in [2.45, 2.75) is 24.9 Å². The van der Waals surface area contributed by atoms with Crippen LogP contribution in [0.15, 0.2) is 42.5 Å². The molecule has 1 unspecified atom stereocenters. The summed E-state index contributed by atoms with van der Waals surface area (Å²) < 4.78 is 38.6. The molecule has 0 saturated carbocycles. The van der Waals surface area contributed by atoms with E-state index in [2.05, 4.69) is 5.32 Å². The number of alkyl halides is 3. The summed E-state index contributed by atoms with van der Waals surface area (Å²) >= 11 is 0. The zero-order valence-electron chi connectivity index (χ0n) is 12.9. The van der Waals surface area contributed by atoms with Gasteiger partial charge < -0.3 is 10.4 Å². The predicted molar refractivity (Wildman–Crippen MR) is 84.5 cm³/mol. The first-order valence-electron chi connectivity index (χ1n) is 7.60. The molecule has 0 radical (unpaired) electrons. The minimum absolute atomic E-state index is 0.0522. The normalized spacial score (nSPS) is 17.1. The second kappa shape index (κ2) is 6.23. The molecule has 2 aromatic carbocycles. The number of hydrogen-bond acceptors (Lipinski definition) is 3. The van der Waals surface area contributed by atoms with Crippen LogP contribution in [0.1, 0.15) is 40.2 Å². The third-order valence-corrected chi connectivity index (χ3v) is 4.18. The van der Waals surface area contributed by atoms with Gasteiger partial charge in [-0.2, -0.15) is 13.2 Å². The molecule has 0 heterocycles. The van der Waals surface area contributed by atoms with Crippen LogP contribution in [-0.2, 0) is 11.0 Å². The van der Waals surface area contributed by atoms with Gasteiger partial charge >= 0.3 is 6.18 Å². The number of phenols is 1. The van der Waals surface area contributed by atoms with E-state index in [1.807, 2.05) is 0 Å². The Bertz CT molecular complexity index is 846. The number of nitrogens with one attached hydrogen (secondary N) is 1. The van der Waals surface area contributed by atoms with Crippen LogP contribution < -0.4 is 5.32 Å². The van der Waals surface area contributed by atoms with Gasteiger partial charge in [0.15, 0.2) is 5.78 Å². The molecule has 1 aliphatic carbocycles. The second-order valence-corrected chi connectivity index (χ2v) is 5.82. The largest absolute Gasteiger partial charge is 0.507 e. The van der Waals surface area contributed by atoms with E-state index in [4.69, 9.17) is 0 Å². The summed E-state index contributed by atoms with van der Waals surface area (Å²) in [5.41, 5.74) is -0.240. The lowest BCUT2D eigenvalue weighted by atomic mass is 9.81. The number of fused-ring (bicyclic) bond motifs is 1. The van der Waals surface area contributed by atoms with Crippen LogP contribution in [0.25, 0.3) is 0 Å². The van der Waals surface area contributed by atoms with Gasteiger partial charge in [0.05, 0.1) is 11.5 Å². The van der Waals surface area contributed by atoms with Crippen molar-refractivity contribution in [3.05, 3.63) is 59.2 Å². The SMILES string of the molecule is O=C1CCC(C(=O)Nc2ccc(O)c(C(F)(F)F)c2)c2ccccc21. The fourth-order valence-corrected chi connectivity index (χ4v) is 2.96. The van der Waals surface area contributed by atoms with Crippen molar-refractivity contribution in [2.24, 2.45) is 0 Å². The van der Waals surface area contributed by atoms with Gasteiger partial charge in [0, 0.05) is 17.7 Å². The molecule has 0 bridgehead atoms. The number of carbonyl (C=O) groups is 2. The number of halogens is 3. The van der Waals surface area contributed by atoms with Crippen LogP contribution in [0, 0.1) is 0 Å². The number of phenolic OH excluding ortho intramolecular Hbond substituents is 1. The number of Topliss-reactive ketones (excluding diaryl/α,β-unsaturated/α-hetero) is 1. The zero-order chi connectivity index (χ0) is 18.2. The van der Waals surface area contributed by atoms with Crippen LogP contribution in [0.2, 0.25) is 0 Å². The first-order valence-corrected chi connectivity index (χ1v) is 7.60. The molecule has 25 heavy (non-hydrogen) atoms. The molecule has 0 aliphatic heterocycles. The van der Waals surface area contributed by atoms with E-state index in [1.165, 1.54) is 6.07 Å². The summed E-state index contributed by atoms with van der Waals surface area (Å²) in [5, 5.41) is 11.8. The molecule has 4 nitrogen and oxygen atoms in total. The molecule has 7 heteroatoms. The van der Waals surface area contributed by atoms with E-state index in [0.29, 0.717) is 23.6 Å². The number of benzene rings is 2. The number of rotatable bonds is 2. The van der Waals surface area contributed by atoms with E-state index in [-0.39, 0.29) is 17.9 Å². The average molecular weight is 349 g/mol. The summed E-state index contributed by atoms with van der Waals surface area (Å²) in [6.07, 6.45) is -4.22. The van der Waals surface area contributed by atoms with Crippen molar-refractivity contribution >= 4 is 17.4 Å². The molecule has 0 spiro atoms. The van der Waals surface area contributed by atoms with Gasteiger partial charge in [-0.15, -0.1) is 0 Å². The lowest BCUT2D eigenvalue weighted by Gasteiger charge is -2.24. The smallest absolute Gasteiger partial charge is 0.420 e. The maximum absolute atomic E-state index is 12.9. The topological polar surface area (TPSA) is 66.4 Å². The summed E-state index contributed by atoms with van der Waals surface area (Å²) in [7, 11) is 0. The highest BCUT2D eigenvalue weighted by Gasteiger charge is 2.35. The highest BCUT2D eigenvalue weighted by atomic mass is 19.4. The Kier molecular flexibility index (Phi) is 4.24. The average Bonchev–Trinajstić information content (AvgIpc) is 2.56. The van der Waals surface area contributed by atoms with Crippen molar-refractivity contribution in [1.82, 2.24) is 0 Å². The lowest BCUT2D eigenvalue weighted by molar-refractivity contribution is -0.138. The lowest BCUT2D eigenvalue weighted by Crippen LogP contribution is -2.27. The summed E-state index contributed by atoms with van der Waals surface area (Å²) in [5.74, 6) is -2.06. The van der Waals surface area contributed by atoms with Gasteiger partial charge in [-0.25, -0.2) is 0 Å². The van der Waals surface area contributed by atoms with Crippen LogP contribution in [0.4, 0.5) is 18.9 Å². The van der Waals surface area contributed by atoms with Crippen LogP contribution >= 0.6 is 0 Å². The minimum Gasteiger partial charge on any atom is -0.507 e. The summed E-state index contributed by atoms with van der Waals surface area (Å²) in [6.45, 7) is 0. The van der Waals surface area contributed by atoms with Crippen molar-refractivity contribution in [2.75, 3.05) is 5.32 Å². The van der Waals surface area contributed by atoms with E-state index in [9.17, 15) is 27.9 Å². The molecular formula is C18H14F3NO3. The Morgan fingerprint density at radius 2 is 1.88 bits per heavy atom. The third-order valence-electron chi connectivity index (χ3n) is 4.18. The number of amides is 1. The predicted octanol–water partition coefficient (Wildman–Crippen LogP) is 4.11. The standard InChI is InChI=1S/C18H14F3NO3/c19-18(20,21)14-9-10(5-7-16(14)24)22-17(25)13-6-8-15(23)12-4-2-1-3-11(12)13/h1-5,7,9,13,24H,6,8H2,(H,22,25). The fraction of sp³-hybridized carbons (Fsp3) is 0.222.